The summed E-state index contributed by atoms with van der Waals surface area (Å²) in [4.78, 5) is 2.23. The summed E-state index contributed by atoms with van der Waals surface area (Å²) in [5.74, 6) is 1.54. The Balaban J connectivity index is 0.00000169. The molecular formula is C18H18BrN3O2. The molecule has 2 aliphatic rings. The highest BCUT2D eigenvalue weighted by atomic mass is 79.9. The molecule has 0 saturated carbocycles. The monoisotopic (exact) mass is 387 g/mol. The lowest BCUT2D eigenvalue weighted by Crippen LogP contribution is -2.31. The van der Waals surface area contributed by atoms with Gasteiger partial charge in [-0.25, -0.2) is 5.01 Å². The molecule has 0 aliphatic carbocycles. The number of hydrogen-bond acceptors (Lipinski definition) is 5. The highest BCUT2D eigenvalue weighted by molar-refractivity contribution is 8.93. The van der Waals surface area contributed by atoms with E-state index in [1.54, 1.807) is 24.3 Å². The summed E-state index contributed by atoms with van der Waals surface area (Å²) < 4.78 is 0. The standard InChI is InChI=1S/C18H17N3O2.BrH/c22-15-7-3-13(4-8-15)17-12-21(14-5-9-16(23)10-6-14)19-18-2-1-11-20(17)18;/h3-10,12,22-23H,1-2,11H2;1H. The third kappa shape index (κ3) is 2.97. The molecular weight excluding hydrogens is 370 g/mol. The number of amidine groups is 1. The molecule has 2 aromatic carbocycles. The molecule has 2 heterocycles. The van der Waals surface area contributed by atoms with Gasteiger partial charge in [-0.15, -0.1) is 17.0 Å². The van der Waals surface area contributed by atoms with Crippen molar-refractivity contribution >= 4 is 34.2 Å². The second kappa shape index (κ2) is 6.57. The van der Waals surface area contributed by atoms with E-state index in [0.717, 1.165) is 42.2 Å². The minimum Gasteiger partial charge on any atom is -0.508 e. The number of benzene rings is 2. The lowest BCUT2D eigenvalue weighted by atomic mass is 10.1. The fraction of sp³-hybridized carbons (Fsp3) is 0.167. The van der Waals surface area contributed by atoms with Gasteiger partial charge in [-0.05, 0) is 55.0 Å². The van der Waals surface area contributed by atoms with Crippen LogP contribution in [0.15, 0.2) is 59.8 Å². The Kier molecular flexibility index (Phi) is 4.49. The Morgan fingerprint density at radius 2 is 1.50 bits per heavy atom. The van der Waals surface area contributed by atoms with E-state index in [9.17, 15) is 10.2 Å². The molecule has 2 aliphatic heterocycles. The van der Waals surface area contributed by atoms with Gasteiger partial charge in [0.05, 0.1) is 17.6 Å². The van der Waals surface area contributed by atoms with Crippen molar-refractivity contribution in [1.82, 2.24) is 4.90 Å². The number of halogens is 1. The lowest BCUT2D eigenvalue weighted by Gasteiger charge is -2.30. The third-order valence-electron chi connectivity index (χ3n) is 4.13. The Bertz CT molecular complexity index is 785. The second-order valence-electron chi connectivity index (χ2n) is 5.69. The first-order chi connectivity index (χ1) is 11.2. The van der Waals surface area contributed by atoms with Crippen molar-refractivity contribution in [2.45, 2.75) is 12.8 Å². The van der Waals surface area contributed by atoms with E-state index in [1.165, 1.54) is 0 Å². The summed E-state index contributed by atoms with van der Waals surface area (Å²) in [6, 6.07) is 14.2. The second-order valence-corrected chi connectivity index (χ2v) is 5.69. The minimum atomic E-state index is 0. The largest absolute Gasteiger partial charge is 0.508 e. The Labute approximate surface area is 150 Å². The molecule has 1 saturated heterocycles. The number of hydrogen-bond donors (Lipinski definition) is 2. The van der Waals surface area contributed by atoms with Crippen molar-refractivity contribution in [3.8, 4) is 11.5 Å². The molecule has 0 amide bonds. The van der Waals surface area contributed by atoms with Gasteiger partial charge in [-0.3, -0.25) is 0 Å². The SMILES string of the molecule is Br.Oc1ccc(C2=CN(c3ccc(O)cc3)N=C3CCCN23)cc1. The maximum atomic E-state index is 9.51. The quantitative estimate of drug-likeness (QED) is 0.819. The first-order valence-corrected chi connectivity index (χ1v) is 7.65. The Morgan fingerprint density at radius 1 is 0.875 bits per heavy atom. The highest BCUT2D eigenvalue weighted by Crippen LogP contribution is 2.33. The van der Waals surface area contributed by atoms with Gasteiger partial charge < -0.3 is 15.1 Å². The topological polar surface area (TPSA) is 59.3 Å². The molecule has 5 nitrogen and oxygen atoms in total. The molecule has 124 valence electrons. The van der Waals surface area contributed by atoms with Crippen LogP contribution in [-0.4, -0.2) is 27.5 Å². The van der Waals surface area contributed by atoms with Gasteiger partial charge in [0.15, 0.2) is 0 Å². The maximum Gasteiger partial charge on any atom is 0.130 e. The molecule has 0 aromatic heterocycles. The summed E-state index contributed by atoms with van der Waals surface area (Å²) in [6.45, 7) is 0.953. The predicted octanol–water partition coefficient (Wildman–Crippen LogP) is 3.90. The summed E-state index contributed by atoms with van der Waals surface area (Å²) in [6.07, 6.45) is 4.02. The van der Waals surface area contributed by atoms with Gasteiger partial charge >= 0.3 is 0 Å². The van der Waals surface area contributed by atoms with Crippen molar-refractivity contribution in [1.29, 1.82) is 0 Å². The fourth-order valence-electron chi connectivity index (χ4n) is 2.96. The molecule has 6 heteroatoms. The molecule has 0 radical (unpaired) electrons. The number of phenols is 2. The van der Waals surface area contributed by atoms with Crippen LogP contribution in [-0.2, 0) is 0 Å². The number of hydrazone groups is 1. The molecule has 0 atom stereocenters. The van der Waals surface area contributed by atoms with Crippen molar-refractivity contribution in [3.05, 3.63) is 60.3 Å². The number of nitrogens with zero attached hydrogens (tertiary/aromatic N) is 3. The summed E-state index contributed by atoms with van der Waals surface area (Å²) >= 11 is 0. The van der Waals surface area contributed by atoms with Gasteiger partial charge in [-0.1, -0.05) is 0 Å². The zero-order chi connectivity index (χ0) is 15.8. The molecule has 2 aromatic rings. The smallest absolute Gasteiger partial charge is 0.130 e. The van der Waals surface area contributed by atoms with E-state index in [-0.39, 0.29) is 28.5 Å². The van der Waals surface area contributed by atoms with Crippen LogP contribution in [0, 0.1) is 0 Å². The number of anilines is 1. The van der Waals surface area contributed by atoms with Crippen LogP contribution in [0.5, 0.6) is 11.5 Å². The molecule has 0 spiro atoms. The van der Waals surface area contributed by atoms with Crippen molar-refractivity contribution in [2.24, 2.45) is 5.10 Å². The highest BCUT2D eigenvalue weighted by Gasteiger charge is 2.28. The molecule has 24 heavy (non-hydrogen) atoms. The molecule has 1 fully saturated rings. The minimum absolute atomic E-state index is 0. The fourth-order valence-corrected chi connectivity index (χ4v) is 2.96. The predicted molar refractivity (Wildman–Crippen MR) is 100 cm³/mol. The number of phenolic OH excluding ortho intramolecular Hbond substituents is 2. The first kappa shape index (κ1) is 16.4. The van der Waals surface area contributed by atoms with E-state index >= 15 is 0 Å². The van der Waals surface area contributed by atoms with E-state index < -0.39 is 0 Å². The van der Waals surface area contributed by atoms with Gasteiger partial charge in [0.25, 0.3) is 0 Å². The Hall–Kier alpha value is -2.47. The van der Waals surface area contributed by atoms with Crippen LogP contribution in [0.1, 0.15) is 18.4 Å². The van der Waals surface area contributed by atoms with E-state index in [0.29, 0.717) is 0 Å². The number of fused-ring (bicyclic) bond motifs is 1. The maximum absolute atomic E-state index is 9.51. The average molecular weight is 388 g/mol. The molecule has 4 rings (SSSR count). The van der Waals surface area contributed by atoms with E-state index in [1.807, 2.05) is 35.5 Å². The summed E-state index contributed by atoms with van der Waals surface area (Å²) in [7, 11) is 0. The van der Waals surface area contributed by atoms with Crippen LogP contribution in [0.25, 0.3) is 5.70 Å². The van der Waals surface area contributed by atoms with Crippen molar-refractivity contribution < 1.29 is 10.2 Å². The van der Waals surface area contributed by atoms with Gasteiger partial charge in [0, 0.05) is 18.5 Å². The lowest BCUT2D eigenvalue weighted by molar-refractivity contribution is 0.474. The first-order valence-electron chi connectivity index (χ1n) is 7.65. The van der Waals surface area contributed by atoms with Crippen LogP contribution in [0.2, 0.25) is 0 Å². The molecule has 0 unspecified atom stereocenters. The number of rotatable bonds is 2. The summed E-state index contributed by atoms with van der Waals surface area (Å²) in [5.41, 5.74) is 3.01. The van der Waals surface area contributed by atoms with Crippen molar-refractivity contribution in [3.63, 3.8) is 0 Å². The normalized spacial score (nSPS) is 16.2. The summed E-state index contributed by atoms with van der Waals surface area (Å²) in [5, 5.41) is 25.5. The van der Waals surface area contributed by atoms with Crippen molar-refractivity contribution in [2.75, 3.05) is 11.6 Å². The average Bonchev–Trinajstić information content (AvgIpc) is 3.04. The number of aromatic hydroxyl groups is 2. The zero-order valence-electron chi connectivity index (χ0n) is 13.0. The molecule has 0 bridgehead atoms. The molecule has 2 N–H and O–H groups in total. The van der Waals surface area contributed by atoms with E-state index in [2.05, 4.69) is 4.90 Å². The Morgan fingerprint density at radius 3 is 2.17 bits per heavy atom. The van der Waals surface area contributed by atoms with Gasteiger partial charge in [0.1, 0.15) is 17.3 Å². The van der Waals surface area contributed by atoms with E-state index in [4.69, 9.17) is 5.10 Å². The van der Waals surface area contributed by atoms with Crippen LogP contribution in [0.4, 0.5) is 5.69 Å². The third-order valence-corrected chi connectivity index (χ3v) is 4.13. The zero-order valence-corrected chi connectivity index (χ0v) is 14.7. The van der Waals surface area contributed by atoms with Crippen LogP contribution in [0.3, 0.4) is 0 Å². The van der Waals surface area contributed by atoms with Crippen LogP contribution < -0.4 is 5.01 Å². The van der Waals surface area contributed by atoms with Gasteiger partial charge in [0.2, 0.25) is 0 Å². The van der Waals surface area contributed by atoms with Crippen LogP contribution >= 0.6 is 17.0 Å². The van der Waals surface area contributed by atoms with Gasteiger partial charge in [-0.2, -0.15) is 5.10 Å².